The maximum absolute atomic E-state index is 10.4. The van der Waals surface area contributed by atoms with Crippen LogP contribution in [0.25, 0.3) is 0 Å². The molecule has 0 saturated heterocycles. The summed E-state index contributed by atoms with van der Waals surface area (Å²) in [4.78, 5) is 10.4. The molecule has 16 heteroatoms. The maximum Gasteiger partial charge on any atom is 0.303 e. The van der Waals surface area contributed by atoms with E-state index in [-0.39, 0.29) is 6.42 Å². The number of carboxylic acid groups (broad SMARTS) is 1. The highest BCUT2D eigenvalue weighted by atomic mass is 16.6. The Morgan fingerprint density at radius 1 is 0.370 bits per heavy atom. The number of aliphatic carboxylic acids is 1. The largest absolute Gasteiger partial charge is 0.481 e. The van der Waals surface area contributed by atoms with Crippen LogP contribution in [0, 0.1) is 12.3 Å². The van der Waals surface area contributed by atoms with Gasteiger partial charge >= 0.3 is 5.97 Å². The van der Waals surface area contributed by atoms with E-state index in [9.17, 15) is 4.79 Å². The second kappa shape index (κ2) is 49.5. The van der Waals surface area contributed by atoms with Crippen molar-refractivity contribution in [2.75, 3.05) is 185 Å². The molecule has 0 aliphatic carbocycles. The van der Waals surface area contributed by atoms with Crippen molar-refractivity contribution in [1.82, 2.24) is 10.6 Å². The van der Waals surface area contributed by atoms with Crippen LogP contribution in [0.2, 0.25) is 0 Å². The van der Waals surface area contributed by atoms with Crippen LogP contribution in [0.15, 0.2) is 0 Å². The fourth-order valence-electron chi connectivity index (χ4n) is 4.23. The molecule has 0 unspecified atom stereocenters. The van der Waals surface area contributed by atoms with Crippen LogP contribution >= 0.6 is 0 Å². The minimum absolute atomic E-state index is 0.255. The van der Waals surface area contributed by atoms with Crippen molar-refractivity contribution in [3.8, 4) is 12.3 Å². The summed E-state index contributed by atoms with van der Waals surface area (Å²) in [7, 11) is 0. The first-order valence-corrected chi connectivity index (χ1v) is 19.8. The molecule has 0 fully saturated rings. The molecule has 0 amide bonds. The van der Waals surface area contributed by atoms with Gasteiger partial charge in [0, 0.05) is 26.0 Å². The fourth-order valence-corrected chi connectivity index (χ4v) is 4.23. The van der Waals surface area contributed by atoms with Crippen LogP contribution in [-0.4, -0.2) is 196 Å². The lowest BCUT2D eigenvalue weighted by Crippen LogP contribution is -2.21. The van der Waals surface area contributed by atoms with Crippen molar-refractivity contribution in [2.45, 2.75) is 44.9 Å². The Labute approximate surface area is 325 Å². The molecule has 0 aliphatic heterocycles. The average molecular weight is 783 g/mol. The number of unbranched alkanes of at least 4 members (excludes halogenated alkanes) is 3. The van der Waals surface area contributed by atoms with E-state index in [2.05, 4.69) is 16.6 Å². The molecule has 16 nitrogen and oxygen atoms in total. The summed E-state index contributed by atoms with van der Waals surface area (Å²) >= 11 is 0. The lowest BCUT2D eigenvalue weighted by Gasteiger charge is -2.09. The number of nitrogens with one attached hydrogen (secondary N) is 2. The molecule has 0 saturated carbocycles. The van der Waals surface area contributed by atoms with Gasteiger partial charge in [-0.2, -0.15) is 0 Å². The Balaban J connectivity index is 3.06. The molecule has 0 aliphatic rings. The normalized spacial score (nSPS) is 11.4. The van der Waals surface area contributed by atoms with Gasteiger partial charge in [-0.3, -0.25) is 4.79 Å². The van der Waals surface area contributed by atoms with E-state index < -0.39 is 5.97 Å². The third-order valence-corrected chi connectivity index (χ3v) is 7.08. The number of rotatable bonds is 49. The summed E-state index contributed by atoms with van der Waals surface area (Å²) in [6.45, 7) is 16.3. The molecule has 0 spiro atoms. The van der Waals surface area contributed by atoms with Gasteiger partial charge in [0.25, 0.3) is 0 Å². The molecule has 0 aromatic rings. The minimum atomic E-state index is -0.723. The van der Waals surface area contributed by atoms with Gasteiger partial charge in [0.2, 0.25) is 0 Å². The molecule has 0 atom stereocenters. The van der Waals surface area contributed by atoms with Crippen LogP contribution in [0.3, 0.4) is 0 Å². The Bertz CT molecular complexity index is 766. The summed E-state index contributed by atoms with van der Waals surface area (Å²) in [6.07, 6.45) is 10.9. The molecule has 0 bridgehead atoms. The van der Waals surface area contributed by atoms with Crippen LogP contribution in [0.4, 0.5) is 0 Å². The molecule has 320 valence electrons. The van der Waals surface area contributed by atoms with Crippen LogP contribution < -0.4 is 10.6 Å². The van der Waals surface area contributed by atoms with Crippen molar-refractivity contribution in [2.24, 2.45) is 0 Å². The van der Waals surface area contributed by atoms with E-state index in [0.29, 0.717) is 159 Å². The Kier molecular flexibility index (Phi) is 48.1. The first-order chi connectivity index (χ1) is 26.8. The molecule has 0 rings (SSSR count). The van der Waals surface area contributed by atoms with E-state index >= 15 is 0 Å². The number of terminal acetylenes is 1. The lowest BCUT2D eigenvalue weighted by atomic mass is 10.2. The van der Waals surface area contributed by atoms with E-state index in [4.69, 9.17) is 68.4 Å². The van der Waals surface area contributed by atoms with E-state index in [1.54, 1.807) is 0 Å². The highest BCUT2D eigenvalue weighted by Gasteiger charge is 1.98. The molecule has 0 heterocycles. The third kappa shape index (κ3) is 50.5. The summed E-state index contributed by atoms with van der Waals surface area (Å²) in [5.41, 5.74) is 0. The average Bonchev–Trinajstić information content (AvgIpc) is 3.17. The molecular formula is C38H74N2O14. The zero-order valence-corrected chi connectivity index (χ0v) is 33.1. The highest BCUT2D eigenvalue weighted by molar-refractivity contribution is 5.66. The van der Waals surface area contributed by atoms with Gasteiger partial charge in [0.15, 0.2) is 0 Å². The molecule has 0 aromatic carbocycles. The monoisotopic (exact) mass is 783 g/mol. The smallest absolute Gasteiger partial charge is 0.303 e. The molecule has 54 heavy (non-hydrogen) atoms. The van der Waals surface area contributed by atoms with Gasteiger partial charge in [-0.25, -0.2) is 0 Å². The predicted molar refractivity (Wildman–Crippen MR) is 204 cm³/mol. The minimum Gasteiger partial charge on any atom is -0.481 e. The number of hydrogen-bond acceptors (Lipinski definition) is 15. The second-order valence-electron chi connectivity index (χ2n) is 11.7. The summed E-state index contributed by atoms with van der Waals surface area (Å²) in [5, 5.41) is 15.2. The summed E-state index contributed by atoms with van der Waals surface area (Å²) in [5.74, 6) is 1.90. The van der Waals surface area contributed by atoms with E-state index in [1.165, 1.54) is 0 Å². The molecule has 3 N–H and O–H groups in total. The van der Waals surface area contributed by atoms with Gasteiger partial charge in [0.05, 0.1) is 152 Å². The first-order valence-electron chi connectivity index (χ1n) is 19.8. The quantitative estimate of drug-likeness (QED) is 0.0603. The SMILES string of the molecule is C#CCCCNCCOCCOCCOCCOCCOCCOCCOCCOCCOCCOCCOCCOCCCNCCCCCC(=O)O. The second-order valence-corrected chi connectivity index (χ2v) is 11.7. The van der Waals surface area contributed by atoms with Gasteiger partial charge in [-0.1, -0.05) is 6.42 Å². The summed E-state index contributed by atoms with van der Waals surface area (Å²) in [6, 6.07) is 0. The third-order valence-electron chi connectivity index (χ3n) is 7.08. The Morgan fingerprint density at radius 2 is 0.667 bits per heavy atom. The van der Waals surface area contributed by atoms with Crippen LogP contribution in [0.1, 0.15) is 44.9 Å². The first kappa shape index (κ1) is 52.5. The van der Waals surface area contributed by atoms with Crippen molar-refractivity contribution in [1.29, 1.82) is 0 Å². The maximum atomic E-state index is 10.4. The topological polar surface area (TPSA) is 172 Å². The zero-order chi connectivity index (χ0) is 38.9. The number of carboxylic acids is 1. The fraction of sp³-hybridized carbons (Fsp3) is 0.921. The molecule has 0 aromatic heterocycles. The number of carbonyl (C=O) groups is 1. The van der Waals surface area contributed by atoms with Gasteiger partial charge in [-0.05, 0) is 45.3 Å². The van der Waals surface area contributed by atoms with Gasteiger partial charge in [0.1, 0.15) is 0 Å². The van der Waals surface area contributed by atoms with Crippen molar-refractivity contribution in [3.05, 3.63) is 0 Å². The standard InChI is InChI=1S/C38H74N2O14/c1-2-3-6-10-40-13-15-44-17-19-46-21-23-48-25-27-50-29-31-52-33-35-54-37-36-53-34-32-51-30-28-49-26-24-47-22-20-45-18-16-43-14-8-12-39-11-7-4-5-9-38(41)42/h1,39-40H,3-37H2,(H,41,42). The van der Waals surface area contributed by atoms with Crippen molar-refractivity contribution >= 4 is 5.97 Å². The van der Waals surface area contributed by atoms with Crippen molar-refractivity contribution < 1.29 is 66.7 Å². The summed E-state index contributed by atoms with van der Waals surface area (Å²) < 4.78 is 65.9. The number of ether oxygens (including phenoxy) is 12. The highest BCUT2D eigenvalue weighted by Crippen LogP contribution is 1.98. The van der Waals surface area contributed by atoms with Gasteiger partial charge in [-0.15, -0.1) is 12.3 Å². The molecule has 0 radical (unpaired) electrons. The van der Waals surface area contributed by atoms with Crippen LogP contribution in [-0.2, 0) is 61.6 Å². The lowest BCUT2D eigenvalue weighted by molar-refractivity contribution is -0.137. The number of hydrogen-bond donors (Lipinski definition) is 3. The zero-order valence-electron chi connectivity index (χ0n) is 33.1. The van der Waals surface area contributed by atoms with E-state index in [0.717, 1.165) is 64.7 Å². The predicted octanol–water partition coefficient (Wildman–Crippen LogP) is 1.81. The molecular weight excluding hydrogens is 708 g/mol. The Hall–Kier alpha value is -1.53. The Morgan fingerprint density at radius 3 is 1.02 bits per heavy atom. The van der Waals surface area contributed by atoms with Gasteiger partial charge < -0.3 is 72.6 Å². The van der Waals surface area contributed by atoms with Crippen LogP contribution in [0.5, 0.6) is 0 Å². The van der Waals surface area contributed by atoms with E-state index in [1.807, 2.05) is 0 Å². The van der Waals surface area contributed by atoms with Crippen molar-refractivity contribution in [3.63, 3.8) is 0 Å².